The normalized spacial score (nSPS) is 14.0. The first-order valence-corrected chi connectivity index (χ1v) is 10.6. The van der Waals surface area contributed by atoms with Gasteiger partial charge in [0.2, 0.25) is 6.79 Å². The third-order valence-corrected chi connectivity index (χ3v) is 4.97. The Hall–Kier alpha value is -2.89. The lowest BCUT2D eigenvalue weighted by molar-refractivity contribution is -0.140. The number of guanidine groups is 1. The maximum absolute atomic E-state index is 11.5. The predicted molar refractivity (Wildman–Crippen MR) is 134 cm³/mol. The number of nitrogens with one attached hydrogen (secondary N) is 2. The topological polar surface area (TPSA) is 99.6 Å². The van der Waals surface area contributed by atoms with Crippen molar-refractivity contribution >= 4 is 41.6 Å². The molecule has 0 atom stereocenters. The average molecular weight is 569 g/mol. The monoisotopic (exact) mass is 569 g/mol. The van der Waals surface area contributed by atoms with Crippen molar-refractivity contribution in [2.24, 2.45) is 4.99 Å². The Morgan fingerprint density at radius 2 is 1.73 bits per heavy atom. The van der Waals surface area contributed by atoms with Gasteiger partial charge in [-0.1, -0.05) is 6.07 Å². The number of carbonyl (C=O) groups is 1. The number of esters is 1. The van der Waals surface area contributed by atoms with E-state index in [9.17, 15) is 4.79 Å². The van der Waals surface area contributed by atoms with E-state index in [2.05, 4.69) is 15.6 Å². The molecule has 2 aromatic carbocycles. The highest BCUT2D eigenvalue weighted by molar-refractivity contribution is 14.0. The molecule has 10 heteroatoms. The van der Waals surface area contributed by atoms with Crippen molar-refractivity contribution in [2.75, 3.05) is 45.5 Å². The quantitative estimate of drug-likeness (QED) is 0.227. The van der Waals surface area contributed by atoms with Crippen LogP contribution >= 0.6 is 24.0 Å². The van der Waals surface area contributed by atoms with Gasteiger partial charge in [-0.15, -0.1) is 24.0 Å². The number of methoxy groups -OCH3 is 1. The smallest absolute Gasteiger partial charge is 0.307 e. The first kappa shape index (κ1) is 24.7. The molecule has 178 valence electrons. The number of rotatable bonds is 7. The van der Waals surface area contributed by atoms with Gasteiger partial charge in [-0.2, -0.15) is 0 Å². The molecule has 2 aromatic rings. The minimum atomic E-state index is -0.302. The highest BCUT2D eigenvalue weighted by atomic mass is 127. The molecule has 0 saturated heterocycles. The van der Waals surface area contributed by atoms with E-state index in [0.29, 0.717) is 38.0 Å². The van der Waals surface area contributed by atoms with Gasteiger partial charge in [0.1, 0.15) is 0 Å². The van der Waals surface area contributed by atoms with Gasteiger partial charge in [-0.25, -0.2) is 0 Å². The highest BCUT2D eigenvalue weighted by Gasteiger charge is 2.14. The van der Waals surface area contributed by atoms with Gasteiger partial charge in [-0.3, -0.25) is 9.79 Å². The molecule has 33 heavy (non-hydrogen) atoms. The summed E-state index contributed by atoms with van der Waals surface area (Å²) < 4.78 is 27.0. The molecule has 2 aliphatic rings. The third-order valence-electron chi connectivity index (χ3n) is 4.97. The molecule has 0 radical (unpaired) electrons. The molecule has 0 fully saturated rings. The molecule has 0 spiro atoms. The molecule has 2 aliphatic heterocycles. The lowest BCUT2D eigenvalue weighted by atomic mass is 10.1. The van der Waals surface area contributed by atoms with Crippen molar-refractivity contribution < 1.29 is 28.5 Å². The van der Waals surface area contributed by atoms with Crippen LogP contribution in [0.1, 0.15) is 18.4 Å². The molecule has 0 bridgehead atoms. The number of nitrogens with zero attached hydrogens (tertiary/aromatic N) is 1. The van der Waals surface area contributed by atoms with Crippen LogP contribution < -0.4 is 29.6 Å². The summed E-state index contributed by atoms with van der Waals surface area (Å²) in [5.41, 5.74) is 1.92. The molecule has 9 nitrogen and oxygen atoms in total. The van der Waals surface area contributed by atoms with Gasteiger partial charge in [-0.05, 0) is 36.2 Å². The van der Waals surface area contributed by atoms with E-state index >= 15 is 0 Å². The van der Waals surface area contributed by atoms with E-state index in [1.807, 2.05) is 36.4 Å². The van der Waals surface area contributed by atoms with Crippen molar-refractivity contribution in [3.05, 3.63) is 42.0 Å². The Morgan fingerprint density at radius 1 is 1.00 bits per heavy atom. The SMILES string of the molecule is COC(=O)CCN=C(NCCc1ccc2c(c1)OCO2)Nc1ccc2c(c1)OCCCO2.I. The molecular weight excluding hydrogens is 541 g/mol. The van der Waals surface area contributed by atoms with Crippen LogP contribution in [0.5, 0.6) is 23.0 Å². The van der Waals surface area contributed by atoms with Crippen LogP contribution in [0.25, 0.3) is 0 Å². The van der Waals surface area contributed by atoms with Crippen LogP contribution in [0.4, 0.5) is 5.69 Å². The fourth-order valence-corrected chi connectivity index (χ4v) is 3.30. The Kier molecular flexibility index (Phi) is 9.28. The van der Waals surface area contributed by atoms with E-state index < -0.39 is 0 Å². The lowest BCUT2D eigenvalue weighted by Crippen LogP contribution is -2.32. The number of fused-ring (bicyclic) bond motifs is 2. The largest absolute Gasteiger partial charge is 0.490 e. The Balaban J connectivity index is 0.00000306. The second kappa shape index (κ2) is 12.4. The predicted octanol–water partition coefficient (Wildman–Crippen LogP) is 3.36. The van der Waals surface area contributed by atoms with Crippen molar-refractivity contribution in [2.45, 2.75) is 19.3 Å². The summed E-state index contributed by atoms with van der Waals surface area (Å²) in [5, 5.41) is 6.59. The van der Waals surface area contributed by atoms with Gasteiger partial charge in [0.05, 0.1) is 33.3 Å². The van der Waals surface area contributed by atoms with Crippen molar-refractivity contribution in [3.63, 3.8) is 0 Å². The van der Waals surface area contributed by atoms with Crippen LogP contribution in [0.15, 0.2) is 41.4 Å². The molecule has 0 amide bonds. The van der Waals surface area contributed by atoms with Crippen LogP contribution in [-0.4, -0.2) is 52.1 Å². The second-order valence-electron chi connectivity index (χ2n) is 7.26. The highest BCUT2D eigenvalue weighted by Crippen LogP contribution is 2.33. The minimum Gasteiger partial charge on any atom is -0.490 e. The van der Waals surface area contributed by atoms with Crippen LogP contribution in [0.2, 0.25) is 0 Å². The second-order valence-corrected chi connectivity index (χ2v) is 7.26. The number of anilines is 1. The summed E-state index contributed by atoms with van der Waals surface area (Å²) in [6.07, 6.45) is 1.81. The number of hydrogen-bond acceptors (Lipinski definition) is 7. The number of aliphatic imine (C=N–C) groups is 1. The number of benzene rings is 2. The maximum atomic E-state index is 11.5. The van der Waals surface area contributed by atoms with Crippen molar-refractivity contribution in [1.29, 1.82) is 0 Å². The summed E-state index contributed by atoms with van der Waals surface area (Å²) >= 11 is 0. The van der Waals surface area contributed by atoms with Crippen LogP contribution in [-0.2, 0) is 16.0 Å². The van der Waals surface area contributed by atoms with Crippen molar-refractivity contribution in [1.82, 2.24) is 5.32 Å². The van der Waals surface area contributed by atoms with E-state index in [4.69, 9.17) is 23.7 Å². The molecule has 0 aromatic heterocycles. The molecule has 2 heterocycles. The van der Waals surface area contributed by atoms with Gasteiger partial charge < -0.3 is 34.3 Å². The first-order chi connectivity index (χ1) is 15.7. The standard InChI is InChI=1S/C23H27N3O6.HI/c1-28-22(27)8-10-25-23(24-9-7-16-3-5-19-20(13-16)32-15-31-19)26-17-4-6-18-21(14-17)30-12-2-11-29-18;/h3-6,13-14H,2,7-12,15H2,1H3,(H2,24,25,26);1H. The summed E-state index contributed by atoms with van der Waals surface area (Å²) in [6, 6.07) is 11.6. The van der Waals surface area contributed by atoms with Gasteiger partial charge in [0.15, 0.2) is 29.0 Å². The number of ether oxygens (including phenoxy) is 5. The van der Waals surface area contributed by atoms with Gasteiger partial charge >= 0.3 is 5.97 Å². The summed E-state index contributed by atoms with van der Waals surface area (Å²) in [5.74, 6) is 3.21. The molecule has 0 unspecified atom stereocenters. The van der Waals surface area contributed by atoms with Crippen molar-refractivity contribution in [3.8, 4) is 23.0 Å². The zero-order valence-corrected chi connectivity index (χ0v) is 20.8. The van der Waals surface area contributed by atoms with Gasteiger partial charge in [0, 0.05) is 24.7 Å². The van der Waals surface area contributed by atoms with E-state index in [1.54, 1.807) is 0 Å². The summed E-state index contributed by atoms with van der Waals surface area (Å²) in [4.78, 5) is 16.0. The number of halogens is 1. The molecular formula is C23H28IN3O6. The molecule has 0 saturated carbocycles. The maximum Gasteiger partial charge on any atom is 0.307 e. The zero-order chi connectivity index (χ0) is 22.2. The zero-order valence-electron chi connectivity index (χ0n) is 18.4. The van der Waals surface area contributed by atoms with Crippen LogP contribution in [0, 0.1) is 0 Å². The fourth-order valence-electron chi connectivity index (χ4n) is 3.30. The minimum absolute atomic E-state index is 0. The third kappa shape index (κ3) is 7.04. The molecule has 4 rings (SSSR count). The molecule has 2 N–H and O–H groups in total. The fraction of sp³-hybridized carbons (Fsp3) is 0.391. The first-order valence-electron chi connectivity index (χ1n) is 10.6. The summed E-state index contributed by atoms with van der Waals surface area (Å²) in [6.45, 7) is 2.45. The molecule has 0 aliphatic carbocycles. The van der Waals surface area contributed by atoms with E-state index in [-0.39, 0.29) is 43.2 Å². The number of hydrogen-bond donors (Lipinski definition) is 2. The van der Waals surface area contributed by atoms with E-state index in [1.165, 1.54) is 7.11 Å². The summed E-state index contributed by atoms with van der Waals surface area (Å²) in [7, 11) is 1.37. The Bertz CT molecular complexity index is 985. The van der Waals surface area contributed by atoms with E-state index in [0.717, 1.165) is 41.3 Å². The Morgan fingerprint density at radius 3 is 2.58 bits per heavy atom. The van der Waals surface area contributed by atoms with Crippen LogP contribution in [0.3, 0.4) is 0 Å². The lowest BCUT2D eigenvalue weighted by Gasteiger charge is -2.15. The van der Waals surface area contributed by atoms with Gasteiger partial charge in [0.25, 0.3) is 0 Å². The Labute approximate surface area is 209 Å². The number of carbonyl (C=O) groups excluding carboxylic acids is 1. The average Bonchev–Trinajstić information content (AvgIpc) is 3.15.